The SMILES string of the molecule is CC(CNS(=O)(=O)c1c(CN)sc2ccccc12)C1CC1. The third-order valence-electron chi connectivity index (χ3n) is 4.09. The van der Waals surface area contributed by atoms with Gasteiger partial charge in [-0.3, -0.25) is 0 Å². The van der Waals surface area contributed by atoms with Crippen molar-refractivity contribution in [2.24, 2.45) is 17.6 Å². The number of hydrogen-bond donors (Lipinski definition) is 2. The average Bonchev–Trinajstić information content (AvgIpc) is 3.24. The van der Waals surface area contributed by atoms with Crippen molar-refractivity contribution in [2.75, 3.05) is 6.54 Å². The van der Waals surface area contributed by atoms with Crippen LogP contribution in [0.1, 0.15) is 24.6 Å². The van der Waals surface area contributed by atoms with Crippen molar-refractivity contribution in [1.29, 1.82) is 0 Å². The summed E-state index contributed by atoms with van der Waals surface area (Å²) in [4.78, 5) is 1.09. The molecule has 1 aliphatic carbocycles. The molecule has 0 saturated heterocycles. The van der Waals surface area contributed by atoms with Gasteiger partial charge in [-0.05, 0) is 30.7 Å². The molecule has 0 bridgehead atoms. The molecule has 0 radical (unpaired) electrons. The Kier molecular flexibility index (Phi) is 4.05. The van der Waals surface area contributed by atoms with E-state index in [0.29, 0.717) is 23.3 Å². The number of fused-ring (bicyclic) bond motifs is 1. The van der Waals surface area contributed by atoms with Gasteiger partial charge in [-0.2, -0.15) is 0 Å². The number of hydrogen-bond acceptors (Lipinski definition) is 4. The molecule has 2 aromatic rings. The zero-order valence-electron chi connectivity index (χ0n) is 12.0. The summed E-state index contributed by atoms with van der Waals surface area (Å²) in [6.07, 6.45) is 2.44. The lowest BCUT2D eigenvalue weighted by molar-refractivity contribution is 0.492. The molecular weight excluding hydrogens is 304 g/mol. The molecule has 3 rings (SSSR count). The summed E-state index contributed by atoms with van der Waals surface area (Å²) >= 11 is 1.46. The summed E-state index contributed by atoms with van der Waals surface area (Å²) in [7, 11) is -3.51. The van der Waals surface area contributed by atoms with Gasteiger partial charge in [-0.25, -0.2) is 13.1 Å². The maximum atomic E-state index is 12.7. The lowest BCUT2D eigenvalue weighted by atomic mass is 10.1. The summed E-state index contributed by atoms with van der Waals surface area (Å²) in [6.45, 7) is 2.85. The fraction of sp³-hybridized carbons (Fsp3) is 0.467. The number of nitrogens with two attached hydrogens (primary N) is 1. The molecule has 1 unspecified atom stereocenters. The van der Waals surface area contributed by atoms with E-state index in [1.54, 1.807) is 0 Å². The van der Waals surface area contributed by atoms with Crippen LogP contribution in [0.2, 0.25) is 0 Å². The second kappa shape index (κ2) is 5.68. The van der Waals surface area contributed by atoms with Crippen LogP contribution in [0.3, 0.4) is 0 Å². The Hall–Kier alpha value is -0.950. The summed E-state index contributed by atoms with van der Waals surface area (Å²) in [5, 5.41) is 0.773. The van der Waals surface area contributed by atoms with E-state index in [-0.39, 0.29) is 6.54 Å². The van der Waals surface area contributed by atoms with Crippen molar-refractivity contribution in [3.8, 4) is 0 Å². The zero-order valence-corrected chi connectivity index (χ0v) is 13.6. The Bertz CT molecular complexity index is 748. The average molecular weight is 324 g/mol. The van der Waals surface area contributed by atoms with Gasteiger partial charge in [0, 0.05) is 28.1 Å². The van der Waals surface area contributed by atoms with Crippen LogP contribution in [0.15, 0.2) is 29.2 Å². The van der Waals surface area contributed by atoms with Crippen molar-refractivity contribution >= 4 is 31.4 Å². The molecule has 1 aromatic heterocycles. The highest BCUT2D eigenvalue weighted by Crippen LogP contribution is 2.37. The molecule has 1 saturated carbocycles. The van der Waals surface area contributed by atoms with Gasteiger partial charge in [0.2, 0.25) is 10.0 Å². The van der Waals surface area contributed by atoms with E-state index in [4.69, 9.17) is 5.73 Å². The topological polar surface area (TPSA) is 72.2 Å². The number of nitrogens with one attached hydrogen (secondary N) is 1. The first-order valence-corrected chi connectivity index (χ1v) is 9.53. The van der Waals surface area contributed by atoms with Crippen molar-refractivity contribution in [3.05, 3.63) is 29.1 Å². The van der Waals surface area contributed by atoms with Gasteiger partial charge in [-0.15, -0.1) is 11.3 Å². The van der Waals surface area contributed by atoms with Crippen molar-refractivity contribution in [1.82, 2.24) is 4.72 Å². The third-order valence-corrected chi connectivity index (χ3v) is 6.97. The molecule has 0 spiro atoms. The van der Waals surface area contributed by atoms with Crippen molar-refractivity contribution < 1.29 is 8.42 Å². The standard InChI is InChI=1S/C15H20N2O2S2/c1-10(11-6-7-11)9-17-21(18,19)15-12-4-2-3-5-13(12)20-14(15)8-16/h2-5,10-11,17H,6-9,16H2,1H3. The number of benzene rings is 1. The van der Waals surface area contributed by atoms with Gasteiger partial charge in [0.15, 0.2) is 0 Å². The fourth-order valence-electron chi connectivity index (χ4n) is 2.65. The van der Waals surface area contributed by atoms with Gasteiger partial charge >= 0.3 is 0 Å². The molecule has 1 atom stereocenters. The van der Waals surface area contributed by atoms with Crippen LogP contribution in [0.25, 0.3) is 10.1 Å². The third kappa shape index (κ3) is 2.99. The van der Waals surface area contributed by atoms with Crippen LogP contribution in [0, 0.1) is 11.8 Å². The van der Waals surface area contributed by atoms with Gasteiger partial charge in [-0.1, -0.05) is 25.1 Å². The van der Waals surface area contributed by atoms with Crippen molar-refractivity contribution in [2.45, 2.75) is 31.2 Å². The number of rotatable bonds is 6. The molecule has 21 heavy (non-hydrogen) atoms. The maximum absolute atomic E-state index is 12.7. The molecule has 114 valence electrons. The van der Waals surface area contributed by atoms with Gasteiger partial charge < -0.3 is 5.73 Å². The van der Waals surface area contributed by atoms with E-state index in [1.165, 1.54) is 24.2 Å². The van der Waals surface area contributed by atoms with Crippen LogP contribution in [-0.4, -0.2) is 15.0 Å². The first-order valence-electron chi connectivity index (χ1n) is 7.23. The first-order chi connectivity index (χ1) is 10.0. The van der Waals surface area contributed by atoms with Gasteiger partial charge in [0.05, 0.1) is 0 Å². The molecule has 6 heteroatoms. The first kappa shape index (κ1) is 15.0. The van der Waals surface area contributed by atoms with E-state index in [0.717, 1.165) is 15.0 Å². The molecule has 1 fully saturated rings. The monoisotopic (exact) mass is 324 g/mol. The summed E-state index contributed by atoms with van der Waals surface area (Å²) in [6, 6.07) is 7.56. The highest BCUT2D eigenvalue weighted by atomic mass is 32.2. The second-order valence-electron chi connectivity index (χ2n) is 5.72. The predicted octanol–water partition coefficient (Wildman–Crippen LogP) is 2.68. The molecular formula is C15H20N2O2S2. The molecule has 1 aliphatic rings. The van der Waals surface area contributed by atoms with E-state index in [9.17, 15) is 8.42 Å². The Morgan fingerprint density at radius 3 is 2.76 bits per heavy atom. The van der Waals surface area contributed by atoms with Crippen LogP contribution in [0.4, 0.5) is 0 Å². The Balaban J connectivity index is 1.93. The van der Waals surface area contributed by atoms with E-state index in [2.05, 4.69) is 11.6 Å². The smallest absolute Gasteiger partial charge is 0.242 e. The molecule has 1 aromatic carbocycles. The number of thiophene rings is 1. The predicted molar refractivity (Wildman–Crippen MR) is 86.8 cm³/mol. The second-order valence-corrected chi connectivity index (χ2v) is 8.56. The summed E-state index contributed by atoms with van der Waals surface area (Å²) in [5.41, 5.74) is 5.74. The Morgan fingerprint density at radius 2 is 2.10 bits per heavy atom. The number of sulfonamides is 1. The minimum absolute atomic E-state index is 0.244. The van der Waals surface area contributed by atoms with Crippen LogP contribution >= 0.6 is 11.3 Å². The Morgan fingerprint density at radius 1 is 1.38 bits per heavy atom. The summed E-state index contributed by atoms with van der Waals surface area (Å²) in [5.74, 6) is 1.08. The normalized spacial score (nSPS) is 17.2. The van der Waals surface area contributed by atoms with Crippen LogP contribution in [0.5, 0.6) is 0 Å². The largest absolute Gasteiger partial charge is 0.326 e. The fourth-order valence-corrected chi connectivity index (χ4v) is 5.62. The van der Waals surface area contributed by atoms with E-state index in [1.807, 2.05) is 24.3 Å². The van der Waals surface area contributed by atoms with E-state index >= 15 is 0 Å². The zero-order chi connectivity index (χ0) is 15.0. The quantitative estimate of drug-likeness (QED) is 0.858. The lowest BCUT2D eigenvalue weighted by Crippen LogP contribution is -2.29. The van der Waals surface area contributed by atoms with E-state index < -0.39 is 10.0 Å². The van der Waals surface area contributed by atoms with Gasteiger partial charge in [0.1, 0.15) is 4.90 Å². The highest BCUT2D eigenvalue weighted by Gasteiger charge is 2.30. The minimum atomic E-state index is -3.51. The molecule has 1 heterocycles. The van der Waals surface area contributed by atoms with Crippen LogP contribution < -0.4 is 10.5 Å². The van der Waals surface area contributed by atoms with Crippen LogP contribution in [-0.2, 0) is 16.6 Å². The lowest BCUT2D eigenvalue weighted by Gasteiger charge is -2.12. The highest BCUT2D eigenvalue weighted by molar-refractivity contribution is 7.90. The summed E-state index contributed by atoms with van der Waals surface area (Å²) < 4.78 is 29.1. The molecule has 4 nitrogen and oxygen atoms in total. The molecule has 0 amide bonds. The van der Waals surface area contributed by atoms with Crippen molar-refractivity contribution in [3.63, 3.8) is 0 Å². The van der Waals surface area contributed by atoms with Gasteiger partial charge in [0.25, 0.3) is 0 Å². The Labute approximate surface area is 129 Å². The molecule has 0 aliphatic heterocycles. The maximum Gasteiger partial charge on any atom is 0.242 e. The molecule has 3 N–H and O–H groups in total. The minimum Gasteiger partial charge on any atom is -0.326 e.